The first-order valence-corrected chi connectivity index (χ1v) is 6.71. The first kappa shape index (κ1) is 11.8. The zero-order valence-corrected chi connectivity index (χ0v) is 12.0. The topological polar surface area (TPSA) is 17.0 Å². The van der Waals surface area contributed by atoms with Crippen LogP contribution in [0.1, 0.15) is 36.2 Å². The molecule has 18 heavy (non-hydrogen) atoms. The first-order chi connectivity index (χ1) is 8.39. The summed E-state index contributed by atoms with van der Waals surface area (Å²) in [6.07, 6.45) is 1.11. The van der Waals surface area contributed by atoms with Crippen molar-refractivity contribution in [3.8, 4) is 0 Å². The van der Waals surface area contributed by atoms with Gasteiger partial charge < -0.3 is 9.88 Å². The van der Waals surface area contributed by atoms with E-state index in [1.54, 1.807) is 5.56 Å². The lowest BCUT2D eigenvalue weighted by atomic mass is 9.88. The third-order valence-corrected chi connectivity index (χ3v) is 4.23. The molecule has 2 heteroatoms. The van der Waals surface area contributed by atoms with Crippen molar-refractivity contribution in [3.63, 3.8) is 0 Å². The smallest absolute Gasteiger partial charge is 0.0488 e. The fourth-order valence-electron chi connectivity index (χ4n) is 3.34. The molecule has 1 aliphatic heterocycles. The van der Waals surface area contributed by atoms with Crippen molar-refractivity contribution < 1.29 is 0 Å². The molecule has 1 aromatic heterocycles. The van der Waals surface area contributed by atoms with Gasteiger partial charge in [-0.3, -0.25) is 0 Å². The minimum absolute atomic E-state index is 0.207. The maximum atomic E-state index is 3.63. The largest absolute Gasteiger partial charge is 0.346 e. The van der Waals surface area contributed by atoms with Gasteiger partial charge in [-0.15, -0.1) is 0 Å². The molecule has 3 rings (SSSR count). The molecule has 0 bridgehead atoms. The van der Waals surface area contributed by atoms with Gasteiger partial charge in [0, 0.05) is 35.7 Å². The van der Waals surface area contributed by atoms with Crippen LogP contribution < -0.4 is 5.32 Å². The second kappa shape index (κ2) is 3.61. The molecule has 2 heterocycles. The number of rotatable bonds is 0. The van der Waals surface area contributed by atoms with Gasteiger partial charge in [-0.05, 0) is 56.9 Å². The lowest BCUT2D eigenvalue weighted by molar-refractivity contribution is 0.357. The second-order valence-corrected chi connectivity index (χ2v) is 6.37. The van der Waals surface area contributed by atoms with Crippen LogP contribution in [0.3, 0.4) is 0 Å². The number of aromatic nitrogens is 1. The highest BCUT2D eigenvalue weighted by Gasteiger charge is 2.29. The van der Waals surface area contributed by atoms with E-state index in [0.29, 0.717) is 0 Å². The summed E-state index contributed by atoms with van der Waals surface area (Å²) in [5.41, 5.74) is 7.37. The summed E-state index contributed by atoms with van der Waals surface area (Å²) >= 11 is 0. The summed E-state index contributed by atoms with van der Waals surface area (Å²) in [6.45, 7) is 9.98. The van der Waals surface area contributed by atoms with Crippen LogP contribution in [-0.2, 0) is 20.0 Å². The maximum Gasteiger partial charge on any atom is 0.0488 e. The Hall–Kier alpha value is -1.28. The van der Waals surface area contributed by atoms with Gasteiger partial charge in [0.2, 0.25) is 0 Å². The molecule has 0 saturated heterocycles. The van der Waals surface area contributed by atoms with Crippen LogP contribution >= 0.6 is 0 Å². The third-order valence-electron chi connectivity index (χ3n) is 4.23. The summed E-state index contributed by atoms with van der Waals surface area (Å²) < 4.78 is 2.37. The Balaban J connectivity index is 2.36. The predicted molar refractivity (Wildman–Crippen MR) is 77.0 cm³/mol. The van der Waals surface area contributed by atoms with Crippen LogP contribution in [0.15, 0.2) is 12.1 Å². The monoisotopic (exact) mass is 242 g/mol. The average Bonchev–Trinajstić information content (AvgIpc) is 2.50. The van der Waals surface area contributed by atoms with Gasteiger partial charge in [0.25, 0.3) is 0 Å². The van der Waals surface area contributed by atoms with Gasteiger partial charge in [-0.1, -0.05) is 6.07 Å². The normalized spacial score (nSPS) is 18.1. The molecule has 0 saturated carbocycles. The summed E-state index contributed by atoms with van der Waals surface area (Å²) in [6, 6.07) is 4.62. The van der Waals surface area contributed by atoms with Crippen LogP contribution in [0.25, 0.3) is 10.9 Å². The lowest BCUT2D eigenvalue weighted by Gasteiger charge is -2.32. The highest BCUT2D eigenvalue weighted by molar-refractivity contribution is 5.89. The summed E-state index contributed by atoms with van der Waals surface area (Å²) in [4.78, 5) is 0. The van der Waals surface area contributed by atoms with Crippen LogP contribution in [0.5, 0.6) is 0 Å². The number of fused-ring (bicyclic) bond motifs is 3. The summed E-state index contributed by atoms with van der Waals surface area (Å²) in [5.74, 6) is 0. The number of hydrogen-bond donors (Lipinski definition) is 1. The summed E-state index contributed by atoms with van der Waals surface area (Å²) in [5, 5.41) is 5.11. The molecule has 2 nitrogen and oxygen atoms in total. The third kappa shape index (κ3) is 1.59. The van der Waals surface area contributed by atoms with E-state index in [4.69, 9.17) is 0 Å². The van der Waals surface area contributed by atoms with Crippen molar-refractivity contribution in [1.82, 2.24) is 9.88 Å². The average molecular weight is 242 g/mol. The predicted octanol–water partition coefficient (Wildman–Crippen LogP) is 3.22. The molecule has 2 aromatic rings. The number of nitrogens with one attached hydrogen (secondary N) is 1. The fraction of sp³-hybridized carbons (Fsp3) is 0.500. The molecule has 1 aromatic carbocycles. The van der Waals surface area contributed by atoms with E-state index in [1.165, 1.54) is 27.7 Å². The van der Waals surface area contributed by atoms with Crippen molar-refractivity contribution in [2.24, 2.45) is 7.05 Å². The van der Waals surface area contributed by atoms with E-state index in [2.05, 4.69) is 56.8 Å². The first-order valence-electron chi connectivity index (χ1n) is 6.71. The Morgan fingerprint density at radius 1 is 1.22 bits per heavy atom. The zero-order chi connectivity index (χ0) is 13.1. The molecule has 0 aliphatic carbocycles. The molecular formula is C16H22N2. The number of benzene rings is 1. The Morgan fingerprint density at radius 2 is 1.94 bits per heavy atom. The SMILES string of the molecule is Cc1cc(C)c2c3c(n(C)c2c1)CNC(C)(C)C3. The minimum Gasteiger partial charge on any atom is -0.346 e. The Kier molecular flexibility index (Phi) is 2.36. The molecule has 0 radical (unpaired) electrons. The van der Waals surface area contributed by atoms with Crippen LogP contribution in [0.2, 0.25) is 0 Å². The minimum atomic E-state index is 0.207. The zero-order valence-electron chi connectivity index (χ0n) is 12.0. The fourth-order valence-corrected chi connectivity index (χ4v) is 3.34. The Morgan fingerprint density at radius 3 is 2.67 bits per heavy atom. The van der Waals surface area contributed by atoms with Crippen molar-refractivity contribution >= 4 is 10.9 Å². The van der Waals surface area contributed by atoms with Crippen LogP contribution in [0.4, 0.5) is 0 Å². The van der Waals surface area contributed by atoms with Gasteiger partial charge in [0.05, 0.1) is 0 Å². The lowest BCUT2D eigenvalue weighted by Crippen LogP contribution is -2.44. The van der Waals surface area contributed by atoms with Gasteiger partial charge >= 0.3 is 0 Å². The molecule has 1 aliphatic rings. The van der Waals surface area contributed by atoms with E-state index in [0.717, 1.165) is 13.0 Å². The molecule has 0 spiro atoms. The van der Waals surface area contributed by atoms with Crippen molar-refractivity contribution in [2.45, 2.75) is 46.2 Å². The molecule has 0 fully saturated rings. The Labute approximate surface area is 109 Å². The van der Waals surface area contributed by atoms with Gasteiger partial charge in [0.1, 0.15) is 0 Å². The standard InChI is InChI=1S/C16H22N2/c1-10-6-11(2)15-12-8-16(3,4)17-9-14(12)18(5)13(15)7-10/h6-7,17H,8-9H2,1-5H3. The molecule has 0 unspecified atom stereocenters. The van der Waals surface area contributed by atoms with Gasteiger partial charge in [0.15, 0.2) is 0 Å². The van der Waals surface area contributed by atoms with E-state index in [-0.39, 0.29) is 5.54 Å². The van der Waals surface area contributed by atoms with Gasteiger partial charge in [-0.2, -0.15) is 0 Å². The van der Waals surface area contributed by atoms with E-state index in [1.807, 2.05) is 0 Å². The van der Waals surface area contributed by atoms with Crippen LogP contribution in [0, 0.1) is 13.8 Å². The highest BCUT2D eigenvalue weighted by atomic mass is 15.0. The molecule has 1 N–H and O–H groups in total. The second-order valence-electron chi connectivity index (χ2n) is 6.37. The number of aryl methyl sites for hydroxylation is 3. The van der Waals surface area contributed by atoms with Crippen molar-refractivity contribution in [3.05, 3.63) is 34.5 Å². The Bertz CT molecular complexity index is 632. The number of nitrogens with zero attached hydrogens (tertiary/aromatic N) is 1. The van der Waals surface area contributed by atoms with E-state index >= 15 is 0 Å². The van der Waals surface area contributed by atoms with Gasteiger partial charge in [-0.25, -0.2) is 0 Å². The van der Waals surface area contributed by atoms with Crippen molar-refractivity contribution in [1.29, 1.82) is 0 Å². The quantitative estimate of drug-likeness (QED) is 0.750. The summed E-state index contributed by atoms with van der Waals surface area (Å²) in [7, 11) is 2.19. The van der Waals surface area contributed by atoms with Crippen molar-refractivity contribution in [2.75, 3.05) is 0 Å². The molecule has 0 atom stereocenters. The molecule has 0 amide bonds. The van der Waals surface area contributed by atoms with E-state index in [9.17, 15) is 0 Å². The highest BCUT2D eigenvalue weighted by Crippen LogP contribution is 2.34. The van der Waals surface area contributed by atoms with E-state index < -0.39 is 0 Å². The molecular weight excluding hydrogens is 220 g/mol. The number of hydrogen-bond acceptors (Lipinski definition) is 1. The molecule has 96 valence electrons. The maximum absolute atomic E-state index is 3.63. The van der Waals surface area contributed by atoms with Crippen LogP contribution in [-0.4, -0.2) is 10.1 Å².